The summed E-state index contributed by atoms with van der Waals surface area (Å²) in [5.74, 6) is 1.18. The van der Waals surface area contributed by atoms with Crippen LogP contribution in [0.15, 0.2) is 84.9 Å². The number of carbonyl (C=O) groups is 2. The smallest absolute Gasteiger partial charge is 0.335 e. The normalized spacial score (nSPS) is 15.1. The van der Waals surface area contributed by atoms with E-state index in [2.05, 4.69) is 22.8 Å². The van der Waals surface area contributed by atoms with Crippen LogP contribution in [0.3, 0.4) is 0 Å². The maximum absolute atomic E-state index is 13.5. The number of nitrogens with zero attached hydrogens (tertiary/aromatic N) is 4. The SMILES string of the molecule is COc1ccc(-c2ccc(C(=O)N3CCCC3)cc2-c2ccc3cc(-c4nc5cc(C(=O)O)ccc5n4C4CCCCC4)ccc3n2)cc1OC. The first kappa shape index (κ1) is 32.5. The van der Waals surface area contributed by atoms with E-state index in [4.69, 9.17) is 19.4 Å². The van der Waals surface area contributed by atoms with E-state index in [1.54, 1.807) is 26.4 Å². The first-order valence-corrected chi connectivity index (χ1v) is 17.7. The number of hydrogen-bond acceptors (Lipinski definition) is 6. The van der Waals surface area contributed by atoms with Crippen LogP contribution in [0, 0.1) is 0 Å². The molecule has 51 heavy (non-hydrogen) atoms. The van der Waals surface area contributed by atoms with Crippen molar-refractivity contribution in [3.63, 3.8) is 0 Å². The van der Waals surface area contributed by atoms with Gasteiger partial charge in [-0.15, -0.1) is 0 Å². The molecule has 1 saturated heterocycles. The average molecular weight is 681 g/mol. The quantitative estimate of drug-likeness (QED) is 0.171. The Balaban J connectivity index is 1.23. The Morgan fingerprint density at radius 2 is 1.45 bits per heavy atom. The minimum atomic E-state index is -0.960. The van der Waals surface area contributed by atoms with Gasteiger partial charge in [-0.1, -0.05) is 37.5 Å². The molecule has 4 aromatic carbocycles. The summed E-state index contributed by atoms with van der Waals surface area (Å²) >= 11 is 0. The molecule has 2 aromatic heterocycles. The topological polar surface area (TPSA) is 107 Å². The molecule has 1 aliphatic carbocycles. The van der Waals surface area contributed by atoms with Crippen LogP contribution < -0.4 is 9.47 Å². The summed E-state index contributed by atoms with van der Waals surface area (Å²) < 4.78 is 13.4. The lowest BCUT2D eigenvalue weighted by molar-refractivity contribution is 0.0696. The highest BCUT2D eigenvalue weighted by molar-refractivity contribution is 5.98. The van der Waals surface area contributed by atoms with Crippen LogP contribution in [-0.4, -0.2) is 63.7 Å². The van der Waals surface area contributed by atoms with Gasteiger partial charge in [0.15, 0.2) is 11.5 Å². The fourth-order valence-electron chi connectivity index (χ4n) is 7.81. The lowest BCUT2D eigenvalue weighted by atomic mass is 9.94. The largest absolute Gasteiger partial charge is 0.493 e. The first-order chi connectivity index (χ1) is 24.9. The molecule has 1 N–H and O–H groups in total. The number of aromatic nitrogens is 3. The van der Waals surface area contributed by atoms with Crippen molar-refractivity contribution < 1.29 is 24.2 Å². The Morgan fingerprint density at radius 3 is 2.22 bits per heavy atom. The molecule has 258 valence electrons. The molecule has 2 fully saturated rings. The molecule has 8 rings (SSSR count). The minimum Gasteiger partial charge on any atom is -0.493 e. The second-order valence-corrected chi connectivity index (χ2v) is 13.5. The molecule has 3 heterocycles. The molecule has 0 unspecified atom stereocenters. The number of benzene rings is 4. The molecule has 1 aliphatic heterocycles. The number of fused-ring (bicyclic) bond motifs is 2. The summed E-state index contributed by atoms with van der Waals surface area (Å²) in [7, 11) is 3.24. The summed E-state index contributed by atoms with van der Waals surface area (Å²) in [6, 6.07) is 27.5. The van der Waals surface area contributed by atoms with Gasteiger partial charge in [-0.3, -0.25) is 4.79 Å². The standard InChI is InChI=1S/C42H40N4O5/c1-50-38-19-14-26(25-39(38)51-2)32-15-10-29(41(47)45-20-6-7-21-45)23-33(32)35-17-11-27-22-28(12-16-34(27)43-35)40-44-36-24-30(42(48)49)13-18-37(36)46(40)31-8-4-3-5-9-31/h10-19,22-25,31H,3-9,20-21H2,1-2H3,(H,48,49). The molecule has 6 aromatic rings. The molecule has 1 saturated carbocycles. The van der Waals surface area contributed by atoms with Gasteiger partial charge in [-0.25, -0.2) is 14.8 Å². The van der Waals surface area contributed by atoms with Crippen molar-refractivity contribution >= 4 is 33.8 Å². The number of hydrogen-bond donors (Lipinski definition) is 1. The zero-order chi connectivity index (χ0) is 35.1. The highest BCUT2D eigenvalue weighted by atomic mass is 16.5. The molecule has 0 bridgehead atoms. The van der Waals surface area contributed by atoms with E-state index in [-0.39, 0.29) is 11.5 Å². The number of methoxy groups -OCH3 is 2. The van der Waals surface area contributed by atoms with Crippen molar-refractivity contribution in [3.05, 3.63) is 96.1 Å². The van der Waals surface area contributed by atoms with Crippen LogP contribution in [0.1, 0.15) is 71.7 Å². The summed E-state index contributed by atoms with van der Waals surface area (Å²) in [4.78, 5) is 37.4. The van der Waals surface area contributed by atoms with Crippen molar-refractivity contribution in [2.75, 3.05) is 27.3 Å². The number of likely N-dealkylation sites (tertiary alicyclic amines) is 1. The molecule has 0 atom stereocenters. The maximum atomic E-state index is 13.5. The number of ether oxygens (including phenoxy) is 2. The number of rotatable bonds is 8. The number of carbonyl (C=O) groups excluding carboxylic acids is 1. The van der Waals surface area contributed by atoms with Gasteiger partial charge in [0.25, 0.3) is 5.91 Å². The number of pyridine rings is 1. The minimum absolute atomic E-state index is 0.0365. The van der Waals surface area contributed by atoms with Crippen LogP contribution in [0.5, 0.6) is 11.5 Å². The average Bonchev–Trinajstić information content (AvgIpc) is 3.86. The Kier molecular flexibility index (Phi) is 8.63. The van der Waals surface area contributed by atoms with Gasteiger partial charge < -0.3 is 24.0 Å². The Hall–Kier alpha value is -5.70. The van der Waals surface area contributed by atoms with Crippen LogP contribution in [0.25, 0.3) is 55.7 Å². The molecular formula is C42H40N4O5. The first-order valence-electron chi connectivity index (χ1n) is 17.7. The Morgan fingerprint density at radius 1 is 0.686 bits per heavy atom. The Bertz CT molecular complexity index is 2300. The predicted octanol–water partition coefficient (Wildman–Crippen LogP) is 9.04. The highest BCUT2D eigenvalue weighted by Gasteiger charge is 2.25. The summed E-state index contributed by atoms with van der Waals surface area (Å²) in [5.41, 5.74) is 7.76. The lowest BCUT2D eigenvalue weighted by Crippen LogP contribution is -2.27. The third kappa shape index (κ3) is 6.07. The maximum Gasteiger partial charge on any atom is 0.335 e. The van der Waals surface area contributed by atoms with Crippen molar-refractivity contribution in [1.82, 2.24) is 19.4 Å². The number of imidazole rings is 1. The van der Waals surface area contributed by atoms with Crippen molar-refractivity contribution in [2.45, 2.75) is 51.0 Å². The molecule has 0 radical (unpaired) electrons. The van der Waals surface area contributed by atoms with Crippen molar-refractivity contribution in [2.24, 2.45) is 0 Å². The van der Waals surface area contributed by atoms with Crippen molar-refractivity contribution in [3.8, 4) is 45.3 Å². The second-order valence-electron chi connectivity index (χ2n) is 13.5. The monoisotopic (exact) mass is 680 g/mol. The lowest BCUT2D eigenvalue weighted by Gasteiger charge is -2.25. The number of carboxylic acid groups (broad SMARTS) is 1. The fourth-order valence-corrected chi connectivity index (χ4v) is 7.81. The third-order valence-corrected chi connectivity index (χ3v) is 10.5. The number of carboxylic acids is 1. The zero-order valence-electron chi connectivity index (χ0n) is 28.9. The third-order valence-electron chi connectivity index (χ3n) is 10.5. The van der Waals surface area contributed by atoms with E-state index < -0.39 is 5.97 Å². The van der Waals surface area contributed by atoms with Crippen LogP contribution >= 0.6 is 0 Å². The molecule has 9 heteroatoms. The van der Waals surface area contributed by atoms with Gasteiger partial charge in [-0.2, -0.15) is 0 Å². The van der Waals surface area contributed by atoms with Crippen LogP contribution in [0.4, 0.5) is 0 Å². The predicted molar refractivity (Wildman–Crippen MR) is 199 cm³/mol. The fraction of sp³-hybridized carbons (Fsp3) is 0.286. The molecule has 0 spiro atoms. The zero-order valence-corrected chi connectivity index (χ0v) is 28.9. The molecular weight excluding hydrogens is 640 g/mol. The van der Waals surface area contributed by atoms with Gasteiger partial charge in [-0.05, 0) is 104 Å². The number of amides is 1. The summed E-state index contributed by atoms with van der Waals surface area (Å²) in [6.45, 7) is 1.55. The summed E-state index contributed by atoms with van der Waals surface area (Å²) in [6.07, 6.45) is 7.75. The number of aromatic carboxylic acids is 1. The van der Waals surface area contributed by atoms with E-state index in [0.717, 1.165) is 102 Å². The Labute approximate surface area is 296 Å². The highest BCUT2D eigenvalue weighted by Crippen LogP contribution is 2.40. The molecule has 1 amide bonds. The van der Waals surface area contributed by atoms with Gasteiger partial charge in [0.2, 0.25) is 0 Å². The van der Waals surface area contributed by atoms with E-state index in [1.165, 1.54) is 6.42 Å². The van der Waals surface area contributed by atoms with Crippen LogP contribution in [-0.2, 0) is 0 Å². The second kappa shape index (κ2) is 13.5. The molecule has 2 aliphatic rings. The van der Waals surface area contributed by atoms with E-state index >= 15 is 0 Å². The van der Waals surface area contributed by atoms with Gasteiger partial charge in [0.05, 0.1) is 42.0 Å². The van der Waals surface area contributed by atoms with Crippen LogP contribution in [0.2, 0.25) is 0 Å². The van der Waals surface area contributed by atoms with Gasteiger partial charge in [0.1, 0.15) is 5.82 Å². The van der Waals surface area contributed by atoms with E-state index in [0.29, 0.717) is 28.6 Å². The van der Waals surface area contributed by atoms with E-state index in [9.17, 15) is 14.7 Å². The van der Waals surface area contributed by atoms with Gasteiger partial charge in [0, 0.05) is 41.2 Å². The van der Waals surface area contributed by atoms with E-state index in [1.807, 2.05) is 59.5 Å². The summed E-state index contributed by atoms with van der Waals surface area (Å²) in [5, 5.41) is 10.6. The van der Waals surface area contributed by atoms with Gasteiger partial charge >= 0.3 is 5.97 Å². The molecule has 9 nitrogen and oxygen atoms in total. The van der Waals surface area contributed by atoms with Crippen molar-refractivity contribution in [1.29, 1.82) is 0 Å².